The number of nitrogens with one attached hydrogen (secondary N) is 1. The number of H-pyrrole nitrogens is 1. The predicted octanol–water partition coefficient (Wildman–Crippen LogP) is 4.39. The van der Waals surface area contributed by atoms with Gasteiger partial charge in [-0.1, -0.05) is 6.07 Å². The van der Waals surface area contributed by atoms with E-state index in [4.69, 9.17) is 4.42 Å². The van der Waals surface area contributed by atoms with Crippen LogP contribution in [0, 0.1) is 17.1 Å². The monoisotopic (exact) mass is 357 g/mol. The van der Waals surface area contributed by atoms with E-state index < -0.39 is 5.82 Å². The van der Waals surface area contributed by atoms with Gasteiger partial charge >= 0.3 is 0 Å². The Morgan fingerprint density at radius 3 is 2.96 bits per heavy atom. The van der Waals surface area contributed by atoms with Crippen molar-refractivity contribution in [2.45, 2.75) is 6.42 Å². The second-order valence-corrected chi connectivity index (χ2v) is 6.43. The van der Waals surface area contributed by atoms with E-state index in [1.54, 1.807) is 12.3 Å². The van der Waals surface area contributed by atoms with Gasteiger partial charge in [0, 0.05) is 29.0 Å². The molecule has 0 aliphatic heterocycles. The summed E-state index contributed by atoms with van der Waals surface area (Å²) < 4.78 is 20.1. The SMILES string of the molecule is N#Cc1ccoc1C1=C(c2ccc3[nH]ncc3c2)Cc2c(F)cc(O)cc21. The van der Waals surface area contributed by atoms with Crippen molar-refractivity contribution in [1.82, 2.24) is 10.2 Å². The van der Waals surface area contributed by atoms with Crippen LogP contribution in [0.1, 0.15) is 28.0 Å². The number of aromatic hydroxyl groups is 1. The number of furan rings is 1. The van der Waals surface area contributed by atoms with Crippen molar-refractivity contribution >= 4 is 22.0 Å². The van der Waals surface area contributed by atoms with Crippen LogP contribution in [0.2, 0.25) is 0 Å². The lowest BCUT2D eigenvalue weighted by Crippen LogP contribution is -1.91. The lowest BCUT2D eigenvalue weighted by atomic mass is 9.96. The predicted molar refractivity (Wildman–Crippen MR) is 97.2 cm³/mol. The molecule has 27 heavy (non-hydrogen) atoms. The third-order valence-electron chi connectivity index (χ3n) is 4.91. The molecular weight excluding hydrogens is 345 g/mol. The van der Waals surface area contributed by atoms with Gasteiger partial charge in [0.15, 0.2) is 5.76 Å². The molecule has 0 fully saturated rings. The smallest absolute Gasteiger partial charge is 0.152 e. The van der Waals surface area contributed by atoms with Gasteiger partial charge in [0.2, 0.25) is 0 Å². The number of aromatic nitrogens is 2. The van der Waals surface area contributed by atoms with E-state index in [0.717, 1.165) is 28.1 Å². The summed E-state index contributed by atoms with van der Waals surface area (Å²) in [5.74, 6) is -0.268. The van der Waals surface area contributed by atoms with Gasteiger partial charge in [-0.3, -0.25) is 5.10 Å². The molecule has 0 saturated heterocycles. The molecule has 0 atom stereocenters. The molecule has 2 aromatic heterocycles. The van der Waals surface area contributed by atoms with Crippen LogP contribution in [0.25, 0.3) is 22.0 Å². The summed E-state index contributed by atoms with van der Waals surface area (Å²) in [6.45, 7) is 0. The molecule has 0 spiro atoms. The third-order valence-corrected chi connectivity index (χ3v) is 4.91. The molecule has 5 rings (SSSR count). The third kappa shape index (κ3) is 2.26. The van der Waals surface area contributed by atoms with Gasteiger partial charge in [-0.05, 0) is 41.0 Å². The van der Waals surface area contributed by atoms with Gasteiger partial charge in [-0.2, -0.15) is 10.4 Å². The fraction of sp³-hybridized carbons (Fsp3) is 0.0476. The van der Waals surface area contributed by atoms with Crippen LogP contribution in [0.15, 0.2) is 53.3 Å². The molecule has 1 aliphatic carbocycles. The number of hydrogen-bond acceptors (Lipinski definition) is 4. The van der Waals surface area contributed by atoms with E-state index >= 15 is 0 Å². The molecule has 0 radical (unpaired) electrons. The zero-order valence-corrected chi connectivity index (χ0v) is 14.0. The highest BCUT2D eigenvalue weighted by Gasteiger charge is 2.30. The molecule has 2 aromatic carbocycles. The lowest BCUT2D eigenvalue weighted by molar-refractivity contribution is 0.468. The van der Waals surface area contributed by atoms with Gasteiger partial charge in [-0.15, -0.1) is 0 Å². The minimum Gasteiger partial charge on any atom is -0.508 e. The van der Waals surface area contributed by atoms with Crippen LogP contribution in [0.4, 0.5) is 4.39 Å². The Bertz CT molecular complexity index is 1290. The van der Waals surface area contributed by atoms with Gasteiger partial charge in [0.05, 0.1) is 23.5 Å². The summed E-state index contributed by atoms with van der Waals surface area (Å²) >= 11 is 0. The molecular formula is C21H12FN3O2. The second-order valence-electron chi connectivity index (χ2n) is 6.43. The fourth-order valence-corrected chi connectivity index (χ4v) is 3.68. The van der Waals surface area contributed by atoms with E-state index in [-0.39, 0.29) is 5.75 Å². The first-order chi connectivity index (χ1) is 13.2. The maximum absolute atomic E-state index is 14.5. The number of rotatable bonds is 2. The number of phenolic OH excluding ortho intramolecular Hbond substituents is 1. The van der Waals surface area contributed by atoms with Crippen molar-refractivity contribution < 1.29 is 13.9 Å². The van der Waals surface area contributed by atoms with Crippen LogP contribution < -0.4 is 0 Å². The lowest BCUT2D eigenvalue weighted by Gasteiger charge is -2.08. The summed E-state index contributed by atoms with van der Waals surface area (Å²) in [4.78, 5) is 0. The molecule has 0 amide bonds. The molecule has 0 unspecified atom stereocenters. The Balaban J connectivity index is 1.82. The van der Waals surface area contributed by atoms with Gasteiger partial charge in [0.25, 0.3) is 0 Å². The van der Waals surface area contributed by atoms with Crippen molar-refractivity contribution in [3.63, 3.8) is 0 Å². The molecule has 2 N–H and O–H groups in total. The van der Waals surface area contributed by atoms with E-state index in [9.17, 15) is 14.8 Å². The van der Waals surface area contributed by atoms with Gasteiger partial charge in [-0.25, -0.2) is 4.39 Å². The largest absolute Gasteiger partial charge is 0.508 e. The Morgan fingerprint density at radius 2 is 2.11 bits per heavy atom. The number of nitriles is 1. The molecule has 4 aromatic rings. The Labute approximate surface area is 153 Å². The highest BCUT2D eigenvalue weighted by atomic mass is 19.1. The van der Waals surface area contributed by atoms with Crippen LogP contribution in [-0.2, 0) is 6.42 Å². The number of phenols is 1. The Kier molecular flexibility index (Phi) is 3.18. The standard InChI is InChI=1S/C21H12FN3O2/c22-18-7-14(26)6-17-16(18)8-15(20(17)21-12(9-23)3-4-27-21)11-1-2-19-13(5-11)10-24-25-19/h1-7,10,26H,8H2,(H,24,25). The molecule has 6 heteroatoms. The molecule has 1 aliphatic rings. The van der Waals surface area contributed by atoms with Crippen molar-refractivity contribution in [2.75, 3.05) is 0 Å². The molecule has 2 heterocycles. The fourth-order valence-electron chi connectivity index (χ4n) is 3.68. The van der Waals surface area contributed by atoms with E-state index in [0.29, 0.717) is 34.4 Å². The van der Waals surface area contributed by atoms with Crippen molar-refractivity contribution in [3.8, 4) is 11.8 Å². The minimum atomic E-state index is -0.480. The Morgan fingerprint density at radius 1 is 1.22 bits per heavy atom. The quantitative estimate of drug-likeness (QED) is 0.557. The van der Waals surface area contributed by atoms with Crippen molar-refractivity contribution in [1.29, 1.82) is 5.26 Å². The average molecular weight is 357 g/mol. The molecule has 0 saturated carbocycles. The first kappa shape index (κ1) is 15.4. The van der Waals surface area contributed by atoms with Crippen LogP contribution in [0.5, 0.6) is 5.75 Å². The summed E-state index contributed by atoms with van der Waals surface area (Å²) in [5, 5.41) is 27.2. The maximum atomic E-state index is 14.5. The molecule has 130 valence electrons. The van der Waals surface area contributed by atoms with Gasteiger partial charge < -0.3 is 9.52 Å². The zero-order valence-electron chi connectivity index (χ0n) is 14.0. The van der Waals surface area contributed by atoms with Crippen LogP contribution >= 0.6 is 0 Å². The number of aromatic amines is 1. The number of nitrogens with zero attached hydrogens (tertiary/aromatic N) is 2. The van der Waals surface area contributed by atoms with E-state index in [1.807, 2.05) is 18.2 Å². The number of allylic oxidation sites excluding steroid dienone is 1. The summed E-state index contributed by atoms with van der Waals surface area (Å²) in [5.41, 5.74) is 4.63. The normalized spacial score (nSPS) is 13.2. The number of benzene rings is 2. The zero-order chi connectivity index (χ0) is 18.5. The van der Waals surface area contributed by atoms with Gasteiger partial charge in [0.1, 0.15) is 17.6 Å². The summed E-state index contributed by atoms with van der Waals surface area (Å²) in [7, 11) is 0. The molecule has 5 nitrogen and oxygen atoms in total. The topological polar surface area (TPSA) is 85.8 Å². The average Bonchev–Trinajstić information content (AvgIpc) is 3.37. The number of fused-ring (bicyclic) bond motifs is 2. The summed E-state index contributed by atoms with van der Waals surface area (Å²) in [6.07, 6.45) is 3.50. The van der Waals surface area contributed by atoms with Crippen molar-refractivity contribution in [3.05, 3.63) is 82.7 Å². The first-order valence-corrected chi connectivity index (χ1v) is 8.32. The van der Waals surface area contributed by atoms with Crippen molar-refractivity contribution in [2.24, 2.45) is 0 Å². The molecule has 0 bridgehead atoms. The highest BCUT2D eigenvalue weighted by Crippen LogP contribution is 2.45. The summed E-state index contributed by atoms with van der Waals surface area (Å²) in [6, 6.07) is 12.1. The van der Waals surface area contributed by atoms with Crippen LogP contribution in [0.3, 0.4) is 0 Å². The maximum Gasteiger partial charge on any atom is 0.152 e. The van der Waals surface area contributed by atoms with Crippen LogP contribution in [-0.4, -0.2) is 15.3 Å². The first-order valence-electron chi connectivity index (χ1n) is 8.32. The van der Waals surface area contributed by atoms with E-state index in [1.165, 1.54) is 12.3 Å². The highest BCUT2D eigenvalue weighted by molar-refractivity contribution is 6.04. The number of hydrogen-bond donors (Lipinski definition) is 2. The second kappa shape index (κ2) is 5.58. The minimum absolute atomic E-state index is 0.166. The number of halogens is 1. The van der Waals surface area contributed by atoms with E-state index in [2.05, 4.69) is 16.3 Å². The Hall–Kier alpha value is -3.85.